The van der Waals surface area contributed by atoms with Crippen molar-refractivity contribution in [3.63, 3.8) is 0 Å². The van der Waals surface area contributed by atoms with Crippen LogP contribution in [0.2, 0.25) is 0 Å². The Hall–Kier alpha value is -1.63. The summed E-state index contributed by atoms with van der Waals surface area (Å²) in [6.45, 7) is 2.51. The lowest BCUT2D eigenvalue weighted by Gasteiger charge is -2.37. The molecular weight excluding hydrogens is 224 g/mol. The minimum absolute atomic E-state index is 0.121. The zero-order chi connectivity index (χ0) is 12.6. The maximum Gasteiger partial charge on any atom is 0.322 e. The minimum atomic E-state index is -0.828. The largest absolute Gasteiger partial charge is 0.341 e. The standard InChI is InChI=1S/C10H16N4O3/c1-6(11)7(15)14-4-2-10(3-5-14)8(16)12-9(17)13-10/h6H,2-5,11H2,1H3,(H2,12,13,16,17)/t6-/m1/s1. The Morgan fingerprint density at radius 1 is 1.41 bits per heavy atom. The van der Waals surface area contributed by atoms with E-state index in [1.165, 1.54) is 0 Å². The van der Waals surface area contributed by atoms with E-state index in [0.29, 0.717) is 25.9 Å². The number of rotatable bonds is 1. The van der Waals surface area contributed by atoms with Gasteiger partial charge in [-0.2, -0.15) is 0 Å². The van der Waals surface area contributed by atoms with Crippen molar-refractivity contribution >= 4 is 17.8 Å². The number of imide groups is 1. The number of amides is 4. The van der Waals surface area contributed by atoms with E-state index in [0.717, 1.165) is 0 Å². The van der Waals surface area contributed by atoms with E-state index in [9.17, 15) is 14.4 Å². The number of carbonyl (C=O) groups excluding carboxylic acids is 3. The molecule has 1 atom stereocenters. The fourth-order valence-electron chi connectivity index (χ4n) is 2.28. The molecule has 94 valence electrons. The van der Waals surface area contributed by atoms with Gasteiger partial charge in [0.15, 0.2) is 0 Å². The van der Waals surface area contributed by atoms with Crippen molar-refractivity contribution < 1.29 is 14.4 Å². The molecule has 2 aliphatic heterocycles. The molecule has 2 saturated heterocycles. The minimum Gasteiger partial charge on any atom is -0.341 e. The topological polar surface area (TPSA) is 105 Å². The smallest absolute Gasteiger partial charge is 0.322 e. The summed E-state index contributed by atoms with van der Waals surface area (Å²) in [5.41, 5.74) is 4.69. The normalized spacial score (nSPS) is 24.5. The second-order valence-electron chi connectivity index (χ2n) is 4.60. The van der Waals surface area contributed by atoms with E-state index < -0.39 is 17.6 Å². The highest BCUT2D eigenvalue weighted by atomic mass is 16.2. The van der Waals surface area contributed by atoms with Crippen molar-refractivity contribution in [1.29, 1.82) is 0 Å². The average Bonchev–Trinajstić information content (AvgIpc) is 2.54. The number of nitrogens with one attached hydrogen (secondary N) is 2. The first-order chi connectivity index (χ1) is 7.94. The van der Waals surface area contributed by atoms with Gasteiger partial charge in [-0.05, 0) is 19.8 Å². The van der Waals surface area contributed by atoms with Crippen LogP contribution in [0, 0.1) is 0 Å². The van der Waals surface area contributed by atoms with Crippen LogP contribution in [0.1, 0.15) is 19.8 Å². The second kappa shape index (κ2) is 3.99. The molecule has 1 spiro atoms. The number of hydrogen-bond acceptors (Lipinski definition) is 4. The number of hydrogen-bond donors (Lipinski definition) is 3. The third-order valence-electron chi connectivity index (χ3n) is 3.33. The van der Waals surface area contributed by atoms with Crippen LogP contribution in [0.3, 0.4) is 0 Å². The summed E-state index contributed by atoms with van der Waals surface area (Å²) in [6, 6.07) is -0.988. The molecule has 2 rings (SSSR count). The Bertz CT molecular complexity index is 372. The zero-order valence-electron chi connectivity index (χ0n) is 9.66. The van der Waals surface area contributed by atoms with Crippen molar-refractivity contribution in [3.05, 3.63) is 0 Å². The highest BCUT2D eigenvalue weighted by molar-refractivity contribution is 6.07. The van der Waals surface area contributed by atoms with Gasteiger partial charge in [0.1, 0.15) is 5.54 Å². The summed E-state index contributed by atoms with van der Waals surface area (Å²) in [5.74, 6) is -0.417. The average molecular weight is 240 g/mol. The van der Waals surface area contributed by atoms with Crippen LogP contribution in [-0.4, -0.2) is 47.4 Å². The van der Waals surface area contributed by atoms with Gasteiger partial charge in [-0.1, -0.05) is 0 Å². The zero-order valence-corrected chi connectivity index (χ0v) is 9.66. The lowest BCUT2D eigenvalue weighted by atomic mass is 9.87. The Morgan fingerprint density at radius 2 is 2.00 bits per heavy atom. The Morgan fingerprint density at radius 3 is 2.41 bits per heavy atom. The molecule has 4 amide bonds. The van der Waals surface area contributed by atoms with E-state index in [-0.39, 0.29) is 11.8 Å². The molecule has 2 fully saturated rings. The van der Waals surface area contributed by atoms with Gasteiger partial charge in [0.2, 0.25) is 5.91 Å². The van der Waals surface area contributed by atoms with Gasteiger partial charge in [0, 0.05) is 13.1 Å². The van der Waals surface area contributed by atoms with Gasteiger partial charge in [-0.15, -0.1) is 0 Å². The molecule has 7 heteroatoms. The number of likely N-dealkylation sites (tertiary alicyclic amines) is 1. The van der Waals surface area contributed by atoms with E-state index in [2.05, 4.69) is 10.6 Å². The molecule has 0 radical (unpaired) electrons. The van der Waals surface area contributed by atoms with Gasteiger partial charge < -0.3 is 16.0 Å². The highest BCUT2D eigenvalue weighted by Crippen LogP contribution is 2.25. The Labute approximate surface area is 98.7 Å². The molecule has 0 saturated carbocycles. The number of nitrogens with two attached hydrogens (primary N) is 1. The fourth-order valence-corrected chi connectivity index (χ4v) is 2.28. The van der Waals surface area contributed by atoms with Crippen LogP contribution >= 0.6 is 0 Å². The van der Waals surface area contributed by atoms with E-state index in [1.807, 2.05) is 0 Å². The highest BCUT2D eigenvalue weighted by Gasteiger charge is 2.48. The molecule has 0 unspecified atom stereocenters. The van der Waals surface area contributed by atoms with E-state index in [1.54, 1.807) is 11.8 Å². The summed E-state index contributed by atoms with van der Waals surface area (Å²) in [5, 5.41) is 4.87. The van der Waals surface area contributed by atoms with Gasteiger partial charge in [0.25, 0.3) is 5.91 Å². The van der Waals surface area contributed by atoms with Gasteiger partial charge in [-0.25, -0.2) is 4.79 Å². The van der Waals surface area contributed by atoms with Gasteiger partial charge in [0.05, 0.1) is 6.04 Å². The SMILES string of the molecule is C[C@@H](N)C(=O)N1CCC2(CC1)NC(=O)NC2=O. The molecule has 0 aromatic carbocycles. The molecule has 2 aliphatic rings. The summed E-state index contributed by atoms with van der Waals surface area (Å²) < 4.78 is 0. The monoisotopic (exact) mass is 240 g/mol. The summed E-state index contributed by atoms with van der Waals surface area (Å²) in [6.07, 6.45) is 0.867. The molecule has 0 aromatic heterocycles. The molecule has 2 heterocycles. The van der Waals surface area contributed by atoms with Crippen molar-refractivity contribution in [2.75, 3.05) is 13.1 Å². The molecule has 4 N–H and O–H groups in total. The Kier molecular flexibility index (Phi) is 2.78. The molecule has 0 aromatic rings. The molecule has 0 bridgehead atoms. The van der Waals surface area contributed by atoms with Crippen molar-refractivity contribution in [2.24, 2.45) is 5.73 Å². The summed E-state index contributed by atoms with van der Waals surface area (Å²) in [4.78, 5) is 36.0. The lowest BCUT2D eigenvalue weighted by molar-refractivity contribution is -0.136. The van der Waals surface area contributed by atoms with Crippen LogP contribution in [0.25, 0.3) is 0 Å². The van der Waals surface area contributed by atoms with Crippen LogP contribution in [-0.2, 0) is 9.59 Å². The van der Waals surface area contributed by atoms with Crippen molar-refractivity contribution in [3.8, 4) is 0 Å². The summed E-state index contributed by atoms with van der Waals surface area (Å²) >= 11 is 0. The maximum absolute atomic E-state index is 11.7. The third kappa shape index (κ3) is 1.97. The van der Waals surface area contributed by atoms with Crippen LogP contribution in [0.15, 0.2) is 0 Å². The quantitative estimate of drug-likeness (QED) is 0.487. The van der Waals surface area contributed by atoms with E-state index in [4.69, 9.17) is 5.73 Å². The molecular formula is C10H16N4O3. The van der Waals surface area contributed by atoms with Crippen molar-refractivity contribution in [2.45, 2.75) is 31.3 Å². The lowest BCUT2D eigenvalue weighted by Crippen LogP contribution is -2.57. The Balaban J connectivity index is 2.01. The molecule has 17 heavy (non-hydrogen) atoms. The maximum atomic E-state index is 11.7. The number of urea groups is 1. The van der Waals surface area contributed by atoms with Crippen LogP contribution in [0.5, 0.6) is 0 Å². The van der Waals surface area contributed by atoms with Gasteiger partial charge in [-0.3, -0.25) is 14.9 Å². The van der Waals surface area contributed by atoms with Crippen LogP contribution in [0.4, 0.5) is 4.79 Å². The first-order valence-corrected chi connectivity index (χ1v) is 5.62. The number of piperidine rings is 1. The fraction of sp³-hybridized carbons (Fsp3) is 0.700. The predicted octanol–water partition coefficient (Wildman–Crippen LogP) is -1.47. The summed E-state index contributed by atoms with van der Waals surface area (Å²) in [7, 11) is 0. The second-order valence-corrected chi connectivity index (χ2v) is 4.60. The first-order valence-electron chi connectivity index (χ1n) is 5.62. The van der Waals surface area contributed by atoms with E-state index >= 15 is 0 Å². The number of nitrogens with zero attached hydrogens (tertiary/aromatic N) is 1. The molecule has 0 aliphatic carbocycles. The first kappa shape index (κ1) is 11.8. The third-order valence-corrected chi connectivity index (χ3v) is 3.33. The number of carbonyl (C=O) groups is 3. The molecule has 7 nitrogen and oxygen atoms in total. The van der Waals surface area contributed by atoms with Crippen molar-refractivity contribution in [1.82, 2.24) is 15.5 Å². The van der Waals surface area contributed by atoms with Gasteiger partial charge >= 0.3 is 6.03 Å². The van der Waals surface area contributed by atoms with Crippen LogP contribution < -0.4 is 16.4 Å². The predicted molar refractivity (Wildman–Crippen MR) is 58.9 cm³/mol.